The predicted octanol–water partition coefficient (Wildman–Crippen LogP) is 2.88. The van der Waals surface area contributed by atoms with Crippen molar-refractivity contribution in [2.45, 2.75) is 25.0 Å². The average molecular weight is 252 g/mol. The van der Waals surface area contributed by atoms with Gasteiger partial charge in [0.1, 0.15) is 5.75 Å². The Labute approximate surface area is 105 Å². The first-order valence-corrected chi connectivity index (χ1v) is 6.83. The van der Waals surface area contributed by atoms with Crippen LogP contribution in [0.5, 0.6) is 5.75 Å². The Hall–Kier alpha value is -1.16. The van der Waals surface area contributed by atoms with Crippen LogP contribution < -0.4 is 0 Å². The van der Waals surface area contributed by atoms with Gasteiger partial charge in [-0.3, -0.25) is 4.79 Å². The molecule has 2 N–H and O–H groups in total. The van der Waals surface area contributed by atoms with Crippen molar-refractivity contribution < 1.29 is 15.0 Å². The number of benzene rings is 1. The summed E-state index contributed by atoms with van der Waals surface area (Å²) >= 11 is 1.78. The summed E-state index contributed by atoms with van der Waals surface area (Å²) in [6.07, 6.45) is 2.39. The number of hydrogen-bond acceptors (Lipinski definition) is 3. The van der Waals surface area contributed by atoms with Crippen molar-refractivity contribution >= 4 is 17.7 Å². The number of carbonyl (C=O) groups is 1. The van der Waals surface area contributed by atoms with Crippen molar-refractivity contribution in [3.05, 3.63) is 29.8 Å². The van der Waals surface area contributed by atoms with Gasteiger partial charge in [0.15, 0.2) is 0 Å². The molecule has 0 bridgehead atoms. The summed E-state index contributed by atoms with van der Waals surface area (Å²) in [6.45, 7) is 0. The molecule has 0 atom stereocenters. The predicted molar refractivity (Wildman–Crippen MR) is 68.2 cm³/mol. The van der Waals surface area contributed by atoms with E-state index >= 15 is 0 Å². The minimum absolute atomic E-state index is 0.0629. The van der Waals surface area contributed by atoms with E-state index in [0.29, 0.717) is 6.42 Å². The van der Waals surface area contributed by atoms with Gasteiger partial charge in [0, 0.05) is 5.75 Å². The van der Waals surface area contributed by atoms with Crippen LogP contribution >= 0.6 is 11.8 Å². The quantitative estimate of drug-likeness (QED) is 0.817. The largest absolute Gasteiger partial charge is 0.508 e. The highest BCUT2D eigenvalue weighted by molar-refractivity contribution is 7.98. The van der Waals surface area contributed by atoms with Crippen LogP contribution in [-0.2, 0) is 10.5 Å². The SMILES string of the molecule is O=C(O)CC1(CSCc2ccc(O)cc2)CC1. The molecule has 0 spiro atoms. The Morgan fingerprint density at radius 1 is 1.29 bits per heavy atom. The molecule has 0 saturated heterocycles. The molecule has 1 aromatic rings. The van der Waals surface area contributed by atoms with E-state index in [1.807, 2.05) is 12.1 Å². The van der Waals surface area contributed by atoms with Gasteiger partial charge in [-0.15, -0.1) is 0 Å². The smallest absolute Gasteiger partial charge is 0.303 e. The third-order valence-electron chi connectivity index (χ3n) is 3.10. The monoisotopic (exact) mass is 252 g/mol. The number of carboxylic acids is 1. The molecule has 0 radical (unpaired) electrons. The fraction of sp³-hybridized carbons (Fsp3) is 0.462. The lowest BCUT2D eigenvalue weighted by Gasteiger charge is -2.11. The Morgan fingerprint density at radius 3 is 2.47 bits per heavy atom. The molecular weight excluding hydrogens is 236 g/mol. The second kappa shape index (κ2) is 5.00. The summed E-state index contributed by atoms with van der Waals surface area (Å²) in [7, 11) is 0. The van der Waals surface area contributed by atoms with Gasteiger partial charge in [0.05, 0.1) is 6.42 Å². The van der Waals surface area contributed by atoms with Crippen LogP contribution in [0.3, 0.4) is 0 Å². The Balaban J connectivity index is 1.76. The molecule has 17 heavy (non-hydrogen) atoms. The molecule has 1 saturated carbocycles. The van der Waals surface area contributed by atoms with Gasteiger partial charge in [0.2, 0.25) is 0 Å². The number of thioether (sulfide) groups is 1. The van der Waals surface area contributed by atoms with Gasteiger partial charge in [-0.05, 0) is 41.7 Å². The number of phenols is 1. The maximum atomic E-state index is 10.7. The number of rotatable bonds is 6. The summed E-state index contributed by atoms with van der Waals surface area (Å²) in [4.78, 5) is 10.7. The molecule has 3 nitrogen and oxygen atoms in total. The van der Waals surface area contributed by atoms with E-state index in [1.54, 1.807) is 23.9 Å². The maximum absolute atomic E-state index is 10.7. The van der Waals surface area contributed by atoms with E-state index in [0.717, 1.165) is 24.3 Å². The van der Waals surface area contributed by atoms with E-state index in [1.165, 1.54) is 5.56 Å². The van der Waals surface area contributed by atoms with Crippen LogP contribution in [0.15, 0.2) is 24.3 Å². The zero-order valence-corrected chi connectivity index (χ0v) is 10.4. The van der Waals surface area contributed by atoms with E-state index in [-0.39, 0.29) is 11.2 Å². The highest BCUT2D eigenvalue weighted by Gasteiger charge is 2.43. The molecule has 2 rings (SSSR count). The zero-order chi connectivity index (χ0) is 12.3. The molecule has 0 heterocycles. The zero-order valence-electron chi connectivity index (χ0n) is 9.56. The minimum Gasteiger partial charge on any atom is -0.508 e. The van der Waals surface area contributed by atoms with Crippen LogP contribution in [-0.4, -0.2) is 21.9 Å². The topological polar surface area (TPSA) is 57.5 Å². The van der Waals surface area contributed by atoms with Gasteiger partial charge in [0.25, 0.3) is 0 Å². The second-order valence-electron chi connectivity index (χ2n) is 4.73. The standard InChI is InChI=1S/C13H16O3S/c14-11-3-1-10(2-4-11)8-17-9-13(5-6-13)7-12(15)16/h1-4,14H,5-9H2,(H,15,16). The van der Waals surface area contributed by atoms with E-state index in [4.69, 9.17) is 10.2 Å². The van der Waals surface area contributed by atoms with Gasteiger partial charge in [-0.2, -0.15) is 11.8 Å². The number of hydrogen-bond donors (Lipinski definition) is 2. The van der Waals surface area contributed by atoms with E-state index in [2.05, 4.69) is 0 Å². The lowest BCUT2D eigenvalue weighted by atomic mass is 10.1. The van der Waals surface area contributed by atoms with Gasteiger partial charge in [-0.1, -0.05) is 12.1 Å². The van der Waals surface area contributed by atoms with Crippen LogP contribution in [0.1, 0.15) is 24.8 Å². The van der Waals surface area contributed by atoms with Gasteiger partial charge >= 0.3 is 5.97 Å². The van der Waals surface area contributed by atoms with Gasteiger partial charge in [-0.25, -0.2) is 0 Å². The maximum Gasteiger partial charge on any atom is 0.303 e. The number of aromatic hydroxyl groups is 1. The Bertz CT molecular complexity index is 396. The first kappa shape index (κ1) is 12.3. The molecule has 1 aromatic carbocycles. The average Bonchev–Trinajstić information content (AvgIpc) is 3.00. The highest BCUT2D eigenvalue weighted by atomic mass is 32.2. The first-order chi connectivity index (χ1) is 8.10. The summed E-state index contributed by atoms with van der Waals surface area (Å²) in [6, 6.07) is 7.16. The molecule has 1 aliphatic carbocycles. The van der Waals surface area contributed by atoms with Gasteiger partial charge < -0.3 is 10.2 Å². The molecule has 1 aliphatic rings. The van der Waals surface area contributed by atoms with Crippen LogP contribution in [0.2, 0.25) is 0 Å². The second-order valence-corrected chi connectivity index (χ2v) is 5.72. The highest BCUT2D eigenvalue weighted by Crippen LogP contribution is 2.51. The summed E-state index contributed by atoms with van der Waals surface area (Å²) in [5.74, 6) is 1.39. The molecule has 0 amide bonds. The Morgan fingerprint density at radius 2 is 1.94 bits per heavy atom. The fourth-order valence-corrected chi connectivity index (χ4v) is 3.20. The van der Waals surface area contributed by atoms with Crippen molar-refractivity contribution in [1.82, 2.24) is 0 Å². The normalized spacial score (nSPS) is 16.7. The van der Waals surface area contributed by atoms with Crippen LogP contribution in [0.4, 0.5) is 0 Å². The van der Waals surface area contributed by atoms with E-state index in [9.17, 15) is 4.79 Å². The Kier molecular flexibility index (Phi) is 3.62. The summed E-state index contributed by atoms with van der Waals surface area (Å²) in [5.41, 5.74) is 1.23. The molecule has 0 aromatic heterocycles. The third kappa shape index (κ3) is 3.66. The summed E-state index contributed by atoms with van der Waals surface area (Å²) in [5, 5.41) is 17.9. The van der Waals surface area contributed by atoms with Crippen molar-refractivity contribution in [2.24, 2.45) is 5.41 Å². The number of phenolic OH excluding ortho intramolecular Hbond substituents is 1. The lowest BCUT2D eigenvalue weighted by molar-refractivity contribution is -0.138. The summed E-state index contributed by atoms with van der Waals surface area (Å²) < 4.78 is 0. The van der Waals surface area contributed by atoms with E-state index < -0.39 is 5.97 Å². The first-order valence-electron chi connectivity index (χ1n) is 5.67. The molecule has 0 unspecified atom stereocenters. The van der Waals surface area contributed by atoms with Crippen molar-refractivity contribution in [3.63, 3.8) is 0 Å². The molecule has 92 valence electrons. The molecular formula is C13H16O3S. The van der Waals surface area contributed by atoms with Crippen molar-refractivity contribution in [3.8, 4) is 5.75 Å². The minimum atomic E-state index is -0.687. The number of carboxylic acid groups (broad SMARTS) is 1. The molecule has 4 heteroatoms. The lowest BCUT2D eigenvalue weighted by Crippen LogP contribution is -2.11. The van der Waals surface area contributed by atoms with Crippen LogP contribution in [0, 0.1) is 5.41 Å². The van der Waals surface area contributed by atoms with Crippen LogP contribution in [0.25, 0.3) is 0 Å². The third-order valence-corrected chi connectivity index (χ3v) is 4.45. The molecule has 0 aliphatic heterocycles. The van der Waals surface area contributed by atoms with Crippen molar-refractivity contribution in [2.75, 3.05) is 5.75 Å². The fourth-order valence-electron chi connectivity index (χ4n) is 1.85. The number of aliphatic carboxylic acids is 1. The van der Waals surface area contributed by atoms with Crippen molar-refractivity contribution in [1.29, 1.82) is 0 Å². The molecule has 1 fully saturated rings.